The Kier molecular flexibility index (Phi) is 5.45. The molecule has 2 atom stereocenters. The van der Waals surface area contributed by atoms with E-state index in [2.05, 4.69) is 0 Å². The molecule has 0 radical (unpaired) electrons. The van der Waals surface area contributed by atoms with Gasteiger partial charge in [-0.3, -0.25) is 4.79 Å². The maximum Gasteiger partial charge on any atom is 0.332 e. The van der Waals surface area contributed by atoms with Crippen LogP contribution in [-0.2, 0) is 14.8 Å². The summed E-state index contributed by atoms with van der Waals surface area (Å²) in [4.78, 5) is 25.0. The van der Waals surface area contributed by atoms with E-state index in [1.807, 2.05) is 4.72 Å². The molecule has 3 amide bonds. The van der Waals surface area contributed by atoms with Gasteiger partial charge in [0.05, 0.1) is 11.0 Å². The number of aliphatic hydroxyl groups is 1. The molecule has 0 bridgehead atoms. The Hall–Kier alpha value is -2.13. The molecule has 1 saturated heterocycles. The van der Waals surface area contributed by atoms with Gasteiger partial charge in [0.15, 0.2) is 0 Å². The first-order valence-electron chi connectivity index (χ1n) is 7.60. The van der Waals surface area contributed by atoms with Crippen LogP contribution >= 0.6 is 0 Å². The van der Waals surface area contributed by atoms with Crippen LogP contribution in [0.15, 0.2) is 29.2 Å². The monoisotopic (exact) mass is 355 g/mol. The van der Waals surface area contributed by atoms with E-state index >= 15 is 0 Å². The maximum atomic E-state index is 12.4. The summed E-state index contributed by atoms with van der Waals surface area (Å²) < 4.78 is 26.8. The number of nitrogens with zero attached hydrogens (tertiary/aromatic N) is 1. The van der Waals surface area contributed by atoms with Gasteiger partial charge in [-0.1, -0.05) is 18.2 Å². The van der Waals surface area contributed by atoms with Crippen LogP contribution in [0.4, 0.5) is 4.79 Å². The Morgan fingerprint density at radius 1 is 1.29 bits per heavy atom. The highest BCUT2D eigenvalue weighted by molar-refractivity contribution is 7.90. The van der Waals surface area contributed by atoms with Gasteiger partial charge in [-0.05, 0) is 37.8 Å². The van der Waals surface area contributed by atoms with Gasteiger partial charge in [0.25, 0.3) is 10.0 Å². The number of carbonyl (C=O) groups is 2. The smallest absolute Gasteiger partial charge is 0.332 e. The molecule has 1 aliphatic heterocycles. The number of urea groups is 1. The second kappa shape index (κ2) is 7.18. The van der Waals surface area contributed by atoms with Crippen LogP contribution in [0.3, 0.4) is 0 Å². The normalized spacial score (nSPS) is 21.8. The number of primary amides is 1. The zero-order valence-electron chi connectivity index (χ0n) is 13.3. The molecule has 1 aliphatic rings. The van der Waals surface area contributed by atoms with Crippen LogP contribution in [0.25, 0.3) is 0 Å². The van der Waals surface area contributed by atoms with E-state index in [1.54, 1.807) is 25.1 Å². The number of nitrogens with two attached hydrogens (primary N) is 1. The second-order valence-corrected chi connectivity index (χ2v) is 7.43. The summed E-state index contributed by atoms with van der Waals surface area (Å²) in [7, 11) is -4.09. The Morgan fingerprint density at radius 2 is 1.96 bits per heavy atom. The van der Waals surface area contributed by atoms with Crippen molar-refractivity contribution in [1.82, 2.24) is 9.62 Å². The number of carbonyl (C=O) groups excluding carboxylic acids is 2. The quantitative estimate of drug-likeness (QED) is 0.708. The molecule has 24 heavy (non-hydrogen) atoms. The minimum absolute atomic E-state index is 0.0238. The van der Waals surface area contributed by atoms with Crippen molar-refractivity contribution in [3.63, 3.8) is 0 Å². The highest BCUT2D eigenvalue weighted by Crippen LogP contribution is 2.19. The number of hydrogen-bond acceptors (Lipinski definition) is 5. The lowest BCUT2D eigenvalue weighted by molar-refractivity contribution is -0.125. The maximum absolute atomic E-state index is 12.4. The Balaban J connectivity index is 2.26. The predicted molar refractivity (Wildman–Crippen MR) is 86.4 cm³/mol. The average molecular weight is 355 g/mol. The highest BCUT2D eigenvalue weighted by Gasteiger charge is 2.37. The van der Waals surface area contributed by atoms with Gasteiger partial charge in [0.1, 0.15) is 6.04 Å². The van der Waals surface area contributed by atoms with E-state index in [0.717, 1.165) is 4.90 Å². The van der Waals surface area contributed by atoms with Crippen LogP contribution in [-0.4, -0.2) is 49.1 Å². The van der Waals surface area contributed by atoms with Crippen LogP contribution < -0.4 is 10.5 Å². The van der Waals surface area contributed by atoms with E-state index < -0.39 is 34.1 Å². The molecular weight excluding hydrogens is 334 g/mol. The summed E-state index contributed by atoms with van der Waals surface area (Å²) in [6.07, 6.45) is 0.358. The molecule has 9 heteroatoms. The van der Waals surface area contributed by atoms with Gasteiger partial charge < -0.3 is 15.7 Å². The summed E-state index contributed by atoms with van der Waals surface area (Å²) in [6, 6.07) is 4.01. The molecule has 2 unspecified atom stereocenters. The van der Waals surface area contributed by atoms with Crippen molar-refractivity contribution in [3.8, 4) is 0 Å². The molecule has 0 saturated carbocycles. The summed E-state index contributed by atoms with van der Waals surface area (Å²) in [5.41, 5.74) is 5.77. The predicted octanol–water partition coefficient (Wildman–Crippen LogP) is 0.0940. The van der Waals surface area contributed by atoms with Gasteiger partial charge >= 0.3 is 6.03 Å². The molecule has 1 aromatic carbocycles. The minimum Gasteiger partial charge on any atom is -0.390 e. The van der Waals surface area contributed by atoms with Gasteiger partial charge in [-0.2, -0.15) is 0 Å². The zero-order valence-corrected chi connectivity index (χ0v) is 14.1. The second-order valence-electron chi connectivity index (χ2n) is 5.78. The Labute approximate surface area is 140 Å². The average Bonchev–Trinajstić information content (AvgIpc) is 2.68. The van der Waals surface area contributed by atoms with Crippen molar-refractivity contribution in [3.05, 3.63) is 29.8 Å². The molecule has 132 valence electrons. The summed E-state index contributed by atoms with van der Waals surface area (Å²) in [5.74, 6) is -0.868. The number of rotatable bonds is 3. The minimum atomic E-state index is -4.09. The molecule has 1 aromatic rings. The first-order valence-corrected chi connectivity index (χ1v) is 9.09. The highest BCUT2D eigenvalue weighted by atomic mass is 32.2. The summed E-state index contributed by atoms with van der Waals surface area (Å²) in [6.45, 7) is 1.75. The molecule has 1 heterocycles. The van der Waals surface area contributed by atoms with E-state index in [0.29, 0.717) is 24.8 Å². The number of hydrogen-bond donors (Lipinski definition) is 3. The van der Waals surface area contributed by atoms with Gasteiger partial charge in [0.2, 0.25) is 5.91 Å². The molecular formula is C15H21N3O5S. The fourth-order valence-corrected chi connectivity index (χ4v) is 4.00. The lowest BCUT2D eigenvalue weighted by Gasteiger charge is -2.30. The molecule has 4 N–H and O–H groups in total. The molecule has 0 spiro atoms. The number of benzene rings is 1. The third kappa shape index (κ3) is 3.85. The van der Waals surface area contributed by atoms with Gasteiger partial charge in [-0.25, -0.2) is 17.9 Å². The van der Waals surface area contributed by atoms with Crippen LogP contribution in [0.1, 0.15) is 24.8 Å². The number of amides is 3. The van der Waals surface area contributed by atoms with Crippen LogP contribution in [0.5, 0.6) is 0 Å². The van der Waals surface area contributed by atoms with E-state index in [1.165, 1.54) is 6.07 Å². The largest absolute Gasteiger partial charge is 0.390 e. The molecule has 8 nitrogen and oxygen atoms in total. The van der Waals surface area contributed by atoms with Crippen LogP contribution in [0.2, 0.25) is 0 Å². The van der Waals surface area contributed by atoms with Crippen molar-refractivity contribution in [2.24, 2.45) is 5.73 Å². The van der Waals surface area contributed by atoms with Crippen LogP contribution in [0, 0.1) is 6.92 Å². The number of likely N-dealkylation sites (tertiary alicyclic amines) is 1. The van der Waals surface area contributed by atoms with Crippen molar-refractivity contribution >= 4 is 22.0 Å². The van der Waals surface area contributed by atoms with E-state index in [4.69, 9.17) is 5.73 Å². The molecule has 1 fully saturated rings. The fraction of sp³-hybridized carbons (Fsp3) is 0.467. The SMILES string of the molecule is Cc1ccccc1S(=O)(=O)NC(=O)N1CCCCC(O)C1C(N)=O. The van der Waals surface area contributed by atoms with E-state index in [9.17, 15) is 23.1 Å². The van der Waals surface area contributed by atoms with Crippen molar-refractivity contribution in [2.45, 2.75) is 43.2 Å². The van der Waals surface area contributed by atoms with Crippen molar-refractivity contribution < 1.29 is 23.1 Å². The third-order valence-electron chi connectivity index (χ3n) is 4.01. The summed E-state index contributed by atoms with van der Waals surface area (Å²) in [5, 5.41) is 10.0. The van der Waals surface area contributed by atoms with Gasteiger partial charge in [0, 0.05) is 6.54 Å². The zero-order chi connectivity index (χ0) is 17.9. The number of aliphatic hydroxyl groups excluding tert-OH is 1. The third-order valence-corrected chi connectivity index (χ3v) is 5.49. The topological polar surface area (TPSA) is 130 Å². The fourth-order valence-electron chi connectivity index (χ4n) is 2.80. The standard InChI is InChI=1S/C15H21N3O5S/c1-10-6-2-3-8-12(10)24(22,23)17-15(21)18-9-5-4-7-11(19)13(18)14(16)20/h2-3,6,8,11,13,19H,4-5,7,9H2,1H3,(H2,16,20)(H,17,21). The first-order chi connectivity index (χ1) is 11.2. The lowest BCUT2D eigenvalue weighted by atomic mass is 10.1. The van der Waals surface area contributed by atoms with Gasteiger partial charge in [-0.15, -0.1) is 0 Å². The first kappa shape index (κ1) is 18.2. The van der Waals surface area contributed by atoms with E-state index in [-0.39, 0.29) is 11.4 Å². The molecule has 2 rings (SSSR count). The number of sulfonamides is 1. The summed E-state index contributed by atoms with van der Waals surface area (Å²) >= 11 is 0. The Bertz CT molecular complexity index is 734. The molecule has 0 aromatic heterocycles. The molecule has 0 aliphatic carbocycles. The number of aryl methyl sites for hydroxylation is 1. The Morgan fingerprint density at radius 3 is 2.58 bits per heavy atom. The van der Waals surface area contributed by atoms with Crippen molar-refractivity contribution in [1.29, 1.82) is 0 Å². The van der Waals surface area contributed by atoms with Crippen molar-refractivity contribution in [2.75, 3.05) is 6.54 Å². The lowest BCUT2D eigenvalue weighted by Crippen LogP contribution is -2.56. The number of nitrogens with one attached hydrogen (secondary N) is 1.